The summed E-state index contributed by atoms with van der Waals surface area (Å²) in [5.41, 5.74) is -1.59. The van der Waals surface area contributed by atoms with E-state index in [9.17, 15) is 50.4 Å². The maximum Gasteiger partial charge on any atom is 0.460 e. The Morgan fingerprint density at radius 3 is 2.20 bits per heavy atom. The number of halogens is 7. The summed E-state index contributed by atoms with van der Waals surface area (Å²) >= 11 is 0. The number of esters is 1. The van der Waals surface area contributed by atoms with Gasteiger partial charge in [-0.25, -0.2) is 4.79 Å². The third-order valence-corrected chi connectivity index (χ3v) is 3.55. The fourth-order valence-electron chi connectivity index (χ4n) is 1.90. The standard InChI is InChI=1S/C15H13F7N2O6/c1-7(12(26)29-2)23-11(25)8-3-4-9(24(27)28)10(5-8)30-6-13(16,17)14(18,19)15(20,21)22/h3-5,7H,6H2,1-2H3,(H,23,25)/t7-/m0/s1. The summed E-state index contributed by atoms with van der Waals surface area (Å²) in [4.78, 5) is 33.1. The number of methoxy groups -OCH3 is 1. The molecule has 168 valence electrons. The lowest BCUT2D eigenvalue weighted by atomic mass is 10.1. The second-order valence-electron chi connectivity index (χ2n) is 5.72. The number of nitrogens with one attached hydrogen (secondary N) is 1. The Kier molecular flexibility index (Phi) is 7.23. The molecule has 0 fully saturated rings. The Balaban J connectivity index is 3.17. The van der Waals surface area contributed by atoms with Gasteiger partial charge in [0, 0.05) is 17.7 Å². The smallest absolute Gasteiger partial charge is 0.460 e. The first-order valence-corrected chi connectivity index (χ1v) is 7.67. The summed E-state index contributed by atoms with van der Waals surface area (Å²) in [6.45, 7) is -1.38. The fraction of sp³-hybridized carbons (Fsp3) is 0.467. The Bertz CT molecular complexity index is 828. The Morgan fingerprint density at radius 1 is 1.17 bits per heavy atom. The SMILES string of the molecule is COC(=O)[C@H](C)NC(=O)c1ccc([N+](=O)[O-])c(OCC(F)(F)C(F)(F)C(F)(F)F)c1. The minimum absolute atomic E-state index is 0.472. The lowest BCUT2D eigenvalue weighted by Gasteiger charge is -2.27. The molecule has 1 rings (SSSR count). The van der Waals surface area contributed by atoms with Crippen molar-refractivity contribution in [1.29, 1.82) is 0 Å². The first kappa shape index (κ1) is 24.9. The highest BCUT2D eigenvalue weighted by Crippen LogP contribution is 2.46. The van der Waals surface area contributed by atoms with E-state index in [0.29, 0.717) is 12.1 Å². The number of nitrogens with zero attached hydrogens (tertiary/aromatic N) is 1. The van der Waals surface area contributed by atoms with Gasteiger partial charge in [0.1, 0.15) is 6.04 Å². The molecule has 0 aliphatic heterocycles. The minimum atomic E-state index is -6.61. The minimum Gasteiger partial charge on any atom is -0.480 e. The molecule has 1 N–H and O–H groups in total. The fourth-order valence-corrected chi connectivity index (χ4v) is 1.90. The molecule has 30 heavy (non-hydrogen) atoms. The second kappa shape index (κ2) is 8.71. The number of rotatable bonds is 8. The van der Waals surface area contributed by atoms with Crippen molar-refractivity contribution in [2.45, 2.75) is 31.0 Å². The van der Waals surface area contributed by atoms with Crippen LogP contribution >= 0.6 is 0 Å². The van der Waals surface area contributed by atoms with Crippen LogP contribution in [-0.2, 0) is 9.53 Å². The molecular formula is C15H13F7N2O6. The number of benzene rings is 1. The van der Waals surface area contributed by atoms with Gasteiger partial charge in [-0.05, 0) is 13.0 Å². The van der Waals surface area contributed by atoms with E-state index < -0.39 is 64.5 Å². The molecular weight excluding hydrogens is 437 g/mol. The third kappa shape index (κ3) is 5.27. The van der Waals surface area contributed by atoms with Crippen LogP contribution in [-0.4, -0.2) is 54.6 Å². The molecule has 1 amide bonds. The molecule has 0 unspecified atom stereocenters. The van der Waals surface area contributed by atoms with Gasteiger partial charge in [-0.3, -0.25) is 14.9 Å². The van der Waals surface area contributed by atoms with E-state index in [4.69, 9.17) is 0 Å². The molecule has 0 aromatic heterocycles. The molecule has 0 aliphatic carbocycles. The van der Waals surface area contributed by atoms with Gasteiger partial charge >= 0.3 is 29.7 Å². The first-order chi connectivity index (χ1) is 13.5. The van der Waals surface area contributed by atoms with Crippen LogP contribution in [0.25, 0.3) is 0 Å². The molecule has 15 heteroatoms. The van der Waals surface area contributed by atoms with E-state index in [0.717, 1.165) is 13.2 Å². The van der Waals surface area contributed by atoms with Crippen LogP contribution in [0.15, 0.2) is 18.2 Å². The number of carbonyl (C=O) groups excluding carboxylic acids is 2. The zero-order chi connectivity index (χ0) is 23.5. The number of amides is 1. The van der Waals surface area contributed by atoms with Crippen molar-refractivity contribution in [2.24, 2.45) is 0 Å². The highest BCUT2D eigenvalue weighted by atomic mass is 19.4. The summed E-state index contributed by atoms with van der Waals surface area (Å²) in [6, 6.07) is 0.663. The zero-order valence-electron chi connectivity index (χ0n) is 15.1. The van der Waals surface area contributed by atoms with E-state index in [2.05, 4.69) is 14.8 Å². The van der Waals surface area contributed by atoms with E-state index >= 15 is 0 Å². The molecule has 0 saturated carbocycles. The molecule has 0 aliphatic rings. The summed E-state index contributed by atoms with van der Waals surface area (Å²) < 4.78 is 97.6. The predicted molar refractivity (Wildman–Crippen MR) is 83.5 cm³/mol. The molecule has 1 aromatic rings. The highest BCUT2D eigenvalue weighted by molar-refractivity contribution is 5.97. The van der Waals surface area contributed by atoms with Crippen LogP contribution < -0.4 is 10.1 Å². The third-order valence-electron chi connectivity index (χ3n) is 3.55. The largest absolute Gasteiger partial charge is 0.480 e. The molecule has 0 radical (unpaired) electrons. The average molecular weight is 450 g/mol. The van der Waals surface area contributed by atoms with Crippen LogP contribution in [0.2, 0.25) is 0 Å². The van der Waals surface area contributed by atoms with Gasteiger partial charge in [0.25, 0.3) is 5.91 Å². The summed E-state index contributed by atoms with van der Waals surface area (Å²) in [7, 11) is 1.01. The van der Waals surface area contributed by atoms with E-state index in [1.54, 1.807) is 0 Å². The number of carbonyl (C=O) groups is 2. The number of nitro benzene ring substituents is 1. The van der Waals surface area contributed by atoms with Crippen molar-refractivity contribution in [3.8, 4) is 5.75 Å². The van der Waals surface area contributed by atoms with Crippen molar-refractivity contribution in [2.75, 3.05) is 13.7 Å². The highest BCUT2D eigenvalue weighted by Gasteiger charge is 2.73. The predicted octanol–water partition coefficient (Wildman–Crippen LogP) is 3.10. The molecule has 0 heterocycles. The van der Waals surface area contributed by atoms with Gasteiger partial charge in [-0.1, -0.05) is 0 Å². The Labute approximate surface area is 163 Å². The van der Waals surface area contributed by atoms with Crippen molar-refractivity contribution in [3.05, 3.63) is 33.9 Å². The van der Waals surface area contributed by atoms with Gasteiger partial charge in [-0.2, -0.15) is 30.7 Å². The summed E-state index contributed by atoms with van der Waals surface area (Å²) in [5.74, 6) is -15.4. The quantitative estimate of drug-likeness (QED) is 0.282. The molecule has 8 nitrogen and oxygen atoms in total. The van der Waals surface area contributed by atoms with Crippen LogP contribution in [0.4, 0.5) is 36.4 Å². The van der Waals surface area contributed by atoms with Crippen LogP contribution in [0.5, 0.6) is 5.75 Å². The van der Waals surface area contributed by atoms with Gasteiger partial charge < -0.3 is 14.8 Å². The molecule has 1 atom stereocenters. The normalized spacial score (nSPS) is 13.4. The number of hydrogen-bond donors (Lipinski definition) is 1. The maximum absolute atomic E-state index is 13.4. The molecule has 1 aromatic carbocycles. The van der Waals surface area contributed by atoms with Crippen LogP contribution in [0, 0.1) is 10.1 Å². The molecule has 0 bridgehead atoms. The van der Waals surface area contributed by atoms with E-state index in [1.807, 2.05) is 0 Å². The Hall–Kier alpha value is -3.13. The number of hydrogen-bond acceptors (Lipinski definition) is 6. The topological polar surface area (TPSA) is 108 Å². The van der Waals surface area contributed by atoms with Crippen LogP contribution in [0.3, 0.4) is 0 Å². The summed E-state index contributed by atoms with van der Waals surface area (Å²) in [6.07, 6.45) is -6.61. The maximum atomic E-state index is 13.4. The van der Waals surface area contributed by atoms with Gasteiger partial charge in [-0.15, -0.1) is 0 Å². The molecule has 0 spiro atoms. The first-order valence-electron chi connectivity index (χ1n) is 7.67. The Morgan fingerprint density at radius 2 is 1.73 bits per heavy atom. The van der Waals surface area contributed by atoms with E-state index in [1.165, 1.54) is 6.92 Å². The molecule has 0 saturated heterocycles. The monoisotopic (exact) mass is 450 g/mol. The van der Waals surface area contributed by atoms with Crippen molar-refractivity contribution in [1.82, 2.24) is 5.32 Å². The van der Waals surface area contributed by atoms with Crippen LogP contribution in [0.1, 0.15) is 17.3 Å². The number of ether oxygens (including phenoxy) is 2. The zero-order valence-corrected chi connectivity index (χ0v) is 15.1. The lowest BCUT2D eigenvalue weighted by molar-refractivity contribution is -0.386. The lowest BCUT2D eigenvalue weighted by Crippen LogP contribution is -2.54. The van der Waals surface area contributed by atoms with Crippen molar-refractivity contribution in [3.63, 3.8) is 0 Å². The van der Waals surface area contributed by atoms with Gasteiger partial charge in [0.15, 0.2) is 12.4 Å². The van der Waals surface area contributed by atoms with Gasteiger partial charge in [0.05, 0.1) is 12.0 Å². The van der Waals surface area contributed by atoms with Crippen molar-refractivity contribution >= 4 is 17.6 Å². The average Bonchev–Trinajstić information content (AvgIpc) is 2.64. The van der Waals surface area contributed by atoms with E-state index in [-0.39, 0.29) is 0 Å². The number of alkyl halides is 7. The second-order valence-corrected chi connectivity index (χ2v) is 5.72. The number of nitro groups is 1. The van der Waals surface area contributed by atoms with Crippen molar-refractivity contribution < 1.29 is 54.7 Å². The summed E-state index contributed by atoms with van der Waals surface area (Å²) in [5, 5.41) is 13.0. The van der Waals surface area contributed by atoms with Gasteiger partial charge in [0.2, 0.25) is 0 Å².